The van der Waals surface area contributed by atoms with Crippen LogP contribution in [0, 0.1) is 0 Å². The van der Waals surface area contributed by atoms with Gasteiger partial charge in [-0.05, 0) is 129 Å². The highest BCUT2D eigenvalue weighted by Gasteiger charge is 2.38. The summed E-state index contributed by atoms with van der Waals surface area (Å²) in [7, 11) is 0. The van der Waals surface area contributed by atoms with Crippen molar-refractivity contribution in [3.05, 3.63) is 217 Å². The molecule has 2 aliphatic rings. The van der Waals surface area contributed by atoms with Gasteiger partial charge in [-0.2, -0.15) is 0 Å². The molecule has 0 saturated carbocycles. The molecular weight excluding hydrogens is 865 g/mol. The van der Waals surface area contributed by atoms with Gasteiger partial charge in [-0.15, -0.1) is 0 Å². The van der Waals surface area contributed by atoms with E-state index < -0.39 is 54.4 Å². The van der Waals surface area contributed by atoms with Crippen molar-refractivity contribution in [1.29, 1.82) is 0 Å². The molecule has 10 aromatic rings. The lowest BCUT2D eigenvalue weighted by Crippen LogP contribution is -2.33. The van der Waals surface area contributed by atoms with E-state index in [1.165, 1.54) is 11.1 Å². The molecule has 1 aliphatic heterocycles. The highest BCUT2D eigenvalue weighted by Crippen LogP contribution is 2.53. The first-order valence-corrected chi connectivity index (χ1v) is 24.1. The minimum absolute atomic E-state index is 0.0349. The van der Waals surface area contributed by atoms with Crippen LogP contribution in [0.25, 0.3) is 61.0 Å². The molecule has 71 heavy (non-hydrogen) atoms. The largest absolute Gasteiger partial charge is 0.457 e. The summed E-state index contributed by atoms with van der Waals surface area (Å²) in [6, 6.07) is 30.9. The van der Waals surface area contributed by atoms with Crippen LogP contribution in [-0.2, 0) is 16.2 Å². The number of ether oxygens (including phenoxy) is 1. The Balaban J connectivity index is 1.02. The zero-order valence-corrected chi connectivity index (χ0v) is 40.9. The summed E-state index contributed by atoms with van der Waals surface area (Å²) in [5.41, 5.74) is 8.05. The van der Waals surface area contributed by atoms with E-state index in [0.29, 0.717) is 50.4 Å². The Morgan fingerprint density at radius 3 is 2.04 bits per heavy atom. The molecule has 350 valence electrons. The first kappa shape index (κ1) is 32.1. The van der Waals surface area contributed by atoms with E-state index >= 15 is 0 Å². The monoisotopic (exact) mass is 938 g/mol. The van der Waals surface area contributed by atoms with Crippen molar-refractivity contribution >= 4 is 44.6 Å². The lowest BCUT2D eigenvalue weighted by atomic mass is 9.63. The van der Waals surface area contributed by atoms with E-state index in [9.17, 15) is 4.11 Å². The predicted molar refractivity (Wildman–Crippen MR) is 297 cm³/mol. The van der Waals surface area contributed by atoms with Crippen molar-refractivity contribution in [1.82, 2.24) is 9.55 Å². The van der Waals surface area contributed by atoms with Gasteiger partial charge in [-0.3, -0.25) is 4.57 Å². The zero-order chi connectivity index (χ0) is 60.0. The Hall–Kier alpha value is -7.89. The van der Waals surface area contributed by atoms with Crippen LogP contribution in [0.2, 0.25) is 0 Å². The van der Waals surface area contributed by atoms with Crippen molar-refractivity contribution < 1.29 is 22.6 Å². The van der Waals surface area contributed by atoms with Gasteiger partial charge in [-0.1, -0.05) is 170 Å². The lowest BCUT2D eigenvalue weighted by molar-refractivity contribution is 0.332. The molecule has 0 fully saturated rings. The van der Waals surface area contributed by atoms with Gasteiger partial charge < -0.3 is 14.5 Å². The Labute approximate surface area is 436 Å². The fraction of sp³-hybridized carbons (Fsp3) is 0.197. The molecule has 0 N–H and O–H groups in total. The molecule has 0 saturated heterocycles. The summed E-state index contributed by atoms with van der Waals surface area (Å²) in [4.78, 5) is 8.99. The molecule has 0 radical (unpaired) electrons. The number of rotatable bonds is 8. The smallest absolute Gasteiger partial charge is 0.137 e. The molecule has 5 nitrogen and oxygen atoms in total. The molecule has 0 atom stereocenters. The first-order valence-electron chi connectivity index (χ1n) is 30.6. The second-order valence-electron chi connectivity index (χ2n) is 21.0. The molecule has 12 rings (SSSR count). The normalized spacial score (nSPS) is 17.5. The average Bonchev–Trinajstić information content (AvgIpc) is 1.56. The van der Waals surface area contributed by atoms with Gasteiger partial charge in [-0.25, -0.2) is 4.98 Å². The van der Waals surface area contributed by atoms with Gasteiger partial charge in [0.25, 0.3) is 0 Å². The van der Waals surface area contributed by atoms with E-state index in [2.05, 4.69) is 76.5 Å². The molecule has 0 spiro atoms. The number of anilines is 4. The average molecular weight is 938 g/mol. The fourth-order valence-corrected chi connectivity index (χ4v) is 10.5. The number of para-hydroxylation sites is 4. The number of pyridine rings is 1. The van der Waals surface area contributed by atoms with Gasteiger partial charge in [0.15, 0.2) is 0 Å². The van der Waals surface area contributed by atoms with Crippen LogP contribution in [-0.4, -0.2) is 16.2 Å². The first-order chi connectivity index (χ1) is 39.7. The molecule has 2 aromatic heterocycles. The topological polar surface area (TPSA) is 33.5 Å². The Bertz CT molecular complexity index is 4420. The number of nitrogens with zero attached hydrogens (tertiary/aromatic N) is 4. The van der Waals surface area contributed by atoms with Gasteiger partial charge in [0, 0.05) is 45.9 Å². The van der Waals surface area contributed by atoms with Crippen molar-refractivity contribution in [2.75, 3.05) is 16.5 Å². The SMILES string of the molecule is [2H]c1c([2H])c([2H])c(-c2c([2H])c([2H])c([2H])c(-c3cccc(-c4ccc5c(c4)C(C)(C)CCC5(C)C)c3N3CN(c4cccc(Oc5ccc6c7c([2H])c([2H])c([2H])c([2H])c7n(-c7cc(C(C)(C)C)ccn7)c6c5)c4)c4ccccc43)c2[2H])c([2H])c1[2H]. The summed E-state index contributed by atoms with van der Waals surface area (Å²) in [6.45, 7) is 15.6. The summed E-state index contributed by atoms with van der Waals surface area (Å²) in [5, 5.41) is 0.974. The van der Waals surface area contributed by atoms with Crippen LogP contribution in [0.3, 0.4) is 0 Å². The Morgan fingerprint density at radius 1 is 0.549 bits per heavy atom. The second kappa shape index (κ2) is 16.9. The summed E-state index contributed by atoms with van der Waals surface area (Å²) in [6.07, 6.45) is 3.70. The molecule has 1 aliphatic carbocycles. The van der Waals surface area contributed by atoms with Crippen molar-refractivity contribution in [2.24, 2.45) is 0 Å². The number of hydrogen-bond donors (Lipinski definition) is 0. The Morgan fingerprint density at radius 2 is 1.24 bits per heavy atom. The van der Waals surface area contributed by atoms with Gasteiger partial charge in [0.1, 0.15) is 24.0 Å². The number of fused-ring (bicyclic) bond motifs is 5. The third-order valence-electron chi connectivity index (χ3n) is 14.4. The van der Waals surface area contributed by atoms with Crippen LogP contribution >= 0.6 is 0 Å². The molecule has 0 unspecified atom stereocenters. The molecule has 5 heteroatoms. The number of hydrogen-bond acceptors (Lipinski definition) is 4. The second-order valence-corrected chi connectivity index (χ2v) is 21.0. The molecule has 8 aromatic carbocycles. The van der Waals surface area contributed by atoms with E-state index in [1.807, 2.05) is 84.9 Å². The quantitative estimate of drug-likeness (QED) is 0.152. The van der Waals surface area contributed by atoms with Crippen LogP contribution in [0.5, 0.6) is 11.5 Å². The van der Waals surface area contributed by atoms with Crippen molar-refractivity contribution in [3.63, 3.8) is 0 Å². The highest BCUT2D eigenvalue weighted by molar-refractivity contribution is 6.09. The summed E-state index contributed by atoms with van der Waals surface area (Å²) in [5.74, 6) is 1.42. The zero-order valence-electron chi connectivity index (χ0n) is 53.9. The standard InChI is InChI=1S/C66H60N4O/c1-64(2,3)48-34-37-67-62(40-48)70-58-27-12-11-24-54(58)55-32-31-51(42-61(55)70)71-50-23-16-22-49(41-50)68-43-69(60-29-14-13-28-59(60)68)63-52(46-21-15-20-45(38-46)44-18-9-8-10-19-44)25-17-26-53(63)47-30-33-56-57(39-47)66(6,7)36-35-65(56,4)5/h8-34,37-42H,35-36,43H2,1-7H3/i8D,9D,10D,11D,12D,15D,18D,19D,20D,21D,24D,27D,38D. The van der Waals surface area contributed by atoms with E-state index in [0.717, 1.165) is 46.6 Å². The third-order valence-corrected chi connectivity index (χ3v) is 14.4. The van der Waals surface area contributed by atoms with E-state index in [1.54, 1.807) is 22.9 Å². The molecular formula is C66H60N4O. The maximum absolute atomic E-state index is 9.94. The predicted octanol–water partition coefficient (Wildman–Crippen LogP) is 17.9. The minimum atomic E-state index is -0.642. The van der Waals surface area contributed by atoms with Crippen molar-refractivity contribution in [3.8, 4) is 50.7 Å². The van der Waals surface area contributed by atoms with Crippen LogP contribution in [0.15, 0.2) is 200 Å². The van der Waals surface area contributed by atoms with E-state index in [4.69, 9.17) is 23.4 Å². The van der Waals surface area contributed by atoms with Gasteiger partial charge in [0.2, 0.25) is 0 Å². The highest BCUT2D eigenvalue weighted by atomic mass is 16.5. The summed E-state index contributed by atoms with van der Waals surface area (Å²) < 4.78 is 125. The van der Waals surface area contributed by atoms with Crippen LogP contribution in [0.4, 0.5) is 22.7 Å². The Kier molecular flexibility index (Phi) is 7.64. The molecule has 0 amide bonds. The molecule has 0 bridgehead atoms. The maximum Gasteiger partial charge on any atom is 0.137 e. The number of aromatic nitrogens is 2. The third kappa shape index (κ3) is 7.85. The fourth-order valence-electron chi connectivity index (χ4n) is 10.5. The minimum Gasteiger partial charge on any atom is -0.457 e. The van der Waals surface area contributed by atoms with Crippen LogP contribution < -0.4 is 14.5 Å². The molecule has 3 heterocycles. The maximum atomic E-state index is 9.94. The lowest BCUT2D eigenvalue weighted by Gasteiger charge is -2.42. The van der Waals surface area contributed by atoms with Crippen molar-refractivity contribution in [2.45, 2.75) is 77.6 Å². The van der Waals surface area contributed by atoms with Crippen LogP contribution in [0.1, 0.15) is 95.8 Å². The summed E-state index contributed by atoms with van der Waals surface area (Å²) >= 11 is 0. The number of benzene rings is 8. The van der Waals surface area contributed by atoms with E-state index in [-0.39, 0.29) is 63.8 Å². The van der Waals surface area contributed by atoms with Gasteiger partial charge >= 0.3 is 0 Å². The van der Waals surface area contributed by atoms with Gasteiger partial charge in [0.05, 0.1) is 45.9 Å².